The molecule has 0 unspecified atom stereocenters. The van der Waals surface area contributed by atoms with Crippen LogP contribution >= 0.6 is 0 Å². The van der Waals surface area contributed by atoms with Gasteiger partial charge in [0.05, 0.1) is 0 Å². The fourth-order valence-electron chi connectivity index (χ4n) is 2.52. The number of hydrogen-bond donors (Lipinski definition) is 0. The first kappa shape index (κ1) is 12.0. The first-order valence-corrected chi connectivity index (χ1v) is 6.23. The zero-order valence-electron chi connectivity index (χ0n) is 11.0. The molecule has 0 saturated carbocycles. The molecule has 2 aromatic carbocycles. The molecule has 0 saturated heterocycles. The number of hydrogen-bond acceptors (Lipinski definition) is 2. The van der Waals surface area contributed by atoms with Crippen LogP contribution in [0.1, 0.15) is 5.56 Å². The quantitative estimate of drug-likeness (QED) is 0.623. The number of nitrogens with zero attached hydrogens (tertiary/aromatic N) is 3. The highest BCUT2D eigenvalue weighted by Gasteiger charge is 2.07. The summed E-state index contributed by atoms with van der Waals surface area (Å²) in [5.74, 6) is 0. The van der Waals surface area contributed by atoms with E-state index in [-0.39, 0.29) is 5.57 Å². The number of aromatic nitrogens is 1. The van der Waals surface area contributed by atoms with Gasteiger partial charge in [0.15, 0.2) is 0 Å². The molecule has 94 valence electrons. The molecule has 0 fully saturated rings. The van der Waals surface area contributed by atoms with Crippen molar-refractivity contribution in [3.8, 4) is 12.1 Å². The third-order valence-corrected chi connectivity index (χ3v) is 3.49. The number of aryl methyl sites for hydroxylation is 1. The summed E-state index contributed by atoms with van der Waals surface area (Å²) in [5.41, 5.74) is 3.24. The van der Waals surface area contributed by atoms with E-state index >= 15 is 0 Å². The van der Waals surface area contributed by atoms with Crippen molar-refractivity contribution < 1.29 is 0 Å². The largest absolute Gasteiger partial charge is 0.344 e. The van der Waals surface area contributed by atoms with Crippen molar-refractivity contribution in [1.82, 2.24) is 4.57 Å². The maximum Gasteiger partial charge on any atom is 0.130 e. The number of nitriles is 2. The molecule has 0 N–H and O–H groups in total. The zero-order chi connectivity index (χ0) is 14.1. The second kappa shape index (κ2) is 4.57. The SMILES string of the molecule is Cn1c2ccccc2c2ccc(C=C(C#N)C#N)cc21. The molecule has 3 rings (SSSR count). The highest BCUT2D eigenvalue weighted by Crippen LogP contribution is 2.28. The van der Waals surface area contributed by atoms with Crippen LogP contribution in [0.2, 0.25) is 0 Å². The standard InChI is InChI=1S/C17H11N3/c1-20-16-5-3-2-4-14(16)15-7-6-12(9-17(15)20)8-13(10-18)11-19/h2-9H,1H3. The van der Waals surface area contributed by atoms with Crippen molar-refractivity contribution in [2.45, 2.75) is 0 Å². The van der Waals surface area contributed by atoms with Crippen LogP contribution in [0.15, 0.2) is 48.0 Å². The summed E-state index contributed by atoms with van der Waals surface area (Å²) in [6.07, 6.45) is 1.61. The molecule has 20 heavy (non-hydrogen) atoms. The molecule has 3 heteroatoms. The van der Waals surface area contributed by atoms with Gasteiger partial charge in [-0.2, -0.15) is 10.5 Å². The lowest BCUT2D eigenvalue weighted by atomic mass is 10.1. The number of fused-ring (bicyclic) bond motifs is 3. The molecule has 0 aliphatic carbocycles. The van der Waals surface area contributed by atoms with Crippen molar-refractivity contribution in [3.05, 3.63) is 53.6 Å². The van der Waals surface area contributed by atoms with Crippen LogP contribution < -0.4 is 0 Å². The highest BCUT2D eigenvalue weighted by molar-refractivity contribution is 6.08. The van der Waals surface area contributed by atoms with Gasteiger partial charge in [0.2, 0.25) is 0 Å². The molecule has 3 aromatic rings. The maximum atomic E-state index is 8.82. The number of allylic oxidation sites excluding steroid dienone is 1. The number of para-hydroxylation sites is 1. The Morgan fingerprint density at radius 1 is 1.00 bits per heavy atom. The summed E-state index contributed by atoms with van der Waals surface area (Å²) >= 11 is 0. The van der Waals surface area contributed by atoms with Crippen LogP contribution in [-0.2, 0) is 7.05 Å². The number of benzene rings is 2. The van der Waals surface area contributed by atoms with E-state index in [4.69, 9.17) is 10.5 Å². The van der Waals surface area contributed by atoms with E-state index in [9.17, 15) is 0 Å². The van der Waals surface area contributed by atoms with Crippen LogP contribution in [0.3, 0.4) is 0 Å². The molecule has 0 aliphatic rings. The maximum absolute atomic E-state index is 8.82. The fraction of sp³-hybridized carbons (Fsp3) is 0.0588. The Hall–Kier alpha value is -3.04. The molecule has 0 amide bonds. The summed E-state index contributed by atoms with van der Waals surface area (Å²) in [6, 6.07) is 18.0. The van der Waals surface area contributed by atoms with Crippen molar-refractivity contribution in [2.75, 3.05) is 0 Å². The third-order valence-electron chi connectivity index (χ3n) is 3.49. The molecule has 0 spiro atoms. The summed E-state index contributed by atoms with van der Waals surface area (Å²) in [4.78, 5) is 0. The Morgan fingerprint density at radius 3 is 2.45 bits per heavy atom. The first-order valence-electron chi connectivity index (χ1n) is 6.23. The van der Waals surface area contributed by atoms with Crippen molar-refractivity contribution in [3.63, 3.8) is 0 Å². The summed E-state index contributed by atoms with van der Waals surface area (Å²) in [5, 5.41) is 20.0. The van der Waals surface area contributed by atoms with Crippen molar-refractivity contribution in [2.24, 2.45) is 7.05 Å². The van der Waals surface area contributed by atoms with E-state index in [0.29, 0.717) is 0 Å². The molecule has 0 bridgehead atoms. The smallest absolute Gasteiger partial charge is 0.130 e. The predicted octanol–water partition coefficient (Wildman–Crippen LogP) is 3.76. The minimum atomic E-state index is 0.114. The molecular formula is C17H11N3. The van der Waals surface area contributed by atoms with Gasteiger partial charge < -0.3 is 4.57 Å². The first-order chi connectivity index (χ1) is 9.74. The Bertz CT molecular complexity index is 914. The van der Waals surface area contributed by atoms with Crippen molar-refractivity contribution in [1.29, 1.82) is 10.5 Å². The average molecular weight is 257 g/mol. The Morgan fingerprint density at radius 2 is 1.70 bits per heavy atom. The van der Waals surface area contributed by atoms with Crippen LogP contribution in [0, 0.1) is 22.7 Å². The zero-order valence-corrected chi connectivity index (χ0v) is 11.0. The normalized spacial score (nSPS) is 10.2. The number of rotatable bonds is 1. The minimum Gasteiger partial charge on any atom is -0.344 e. The van der Waals surface area contributed by atoms with Gasteiger partial charge >= 0.3 is 0 Å². The lowest BCUT2D eigenvalue weighted by Crippen LogP contribution is -1.86. The fourth-order valence-corrected chi connectivity index (χ4v) is 2.52. The lowest BCUT2D eigenvalue weighted by molar-refractivity contribution is 1.01. The minimum absolute atomic E-state index is 0.114. The molecule has 1 aromatic heterocycles. The van der Waals surface area contributed by atoms with E-state index in [1.165, 1.54) is 16.3 Å². The van der Waals surface area contributed by atoms with Crippen LogP contribution in [0.4, 0.5) is 0 Å². The Balaban J connectivity index is 2.30. The third kappa shape index (κ3) is 1.74. The Labute approximate surface area is 116 Å². The van der Waals surface area contributed by atoms with E-state index in [0.717, 1.165) is 11.1 Å². The second-order valence-electron chi connectivity index (χ2n) is 4.63. The second-order valence-corrected chi connectivity index (χ2v) is 4.63. The van der Waals surface area contributed by atoms with Crippen LogP contribution in [-0.4, -0.2) is 4.57 Å². The summed E-state index contributed by atoms with van der Waals surface area (Å²) in [7, 11) is 2.02. The van der Waals surface area contributed by atoms with Crippen LogP contribution in [0.5, 0.6) is 0 Å². The van der Waals surface area contributed by atoms with Crippen LogP contribution in [0.25, 0.3) is 27.9 Å². The average Bonchev–Trinajstić information content (AvgIpc) is 2.78. The van der Waals surface area contributed by atoms with Gasteiger partial charge in [-0.05, 0) is 23.8 Å². The Kier molecular flexibility index (Phi) is 2.75. The van der Waals surface area contributed by atoms with Gasteiger partial charge in [-0.15, -0.1) is 0 Å². The lowest BCUT2D eigenvalue weighted by Gasteiger charge is -1.99. The van der Waals surface area contributed by atoms with Gasteiger partial charge in [-0.3, -0.25) is 0 Å². The molecule has 0 aliphatic heterocycles. The molecule has 1 heterocycles. The van der Waals surface area contributed by atoms with Gasteiger partial charge in [-0.25, -0.2) is 0 Å². The molecule has 0 radical (unpaired) electrons. The van der Waals surface area contributed by atoms with Crippen molar-refractivity contribution >= 4 is 27.9 Å². The molecule has 3 nitrogen and oxygen atoms in total. The highest BCUT2D eigenvalue weighted by atomic mass is 14.9. The van der Waals surface area contributed by atoms with E-state index in [1.807, 2.05) is 49.5 Å². The molecule has 0 atom stereocenters. The van der Waals surface area contributed by atoms with E-state index in [2.05, 4.69) is 16.7 Å². The van der Waals surface area contributed by atoms with E-state index < -0.39 is 0 Å². The van der Waals surface area contributed by atoms with E-state index in [1.54, 1.807) is 6.08 Å². The van der Waals surface area contributed by atoms with Gasteiger partial charge in [-0.1, -0.05) is 30.3 Å². The molecular weight excluding hydrogens is 246 g/mol. The summed E-state index contributed by atoms with van der Waals surface area (Å²) < 4.78 is 2.13. The predicted molar refractivity (Wildman–Crippen MR) is 79.6 cm³/mol. The monoisotopic (exact) mass is 257 g/mol. The van der Waals surface area contributed by atoms with Gasteiger partial charge in [0.1, 0.15) is 17.7 Å². The van der Waals surface area contributed by atoms with Gasteiger partial charge in [0, 0.05) is 28.9 Å². The topological polar surface area (TPSA) is 52.5 Å². The van der Waals surface area contributed by atoms with Gasteiger partial charge in [0.25, 0.3) is 0 Å². The summed E-state index contributed by atoms with van der Waals surface area (Å²) in [6.45, 7) is 0.